The number of nitrogens with one attached hydrogen (secondary N) is 1. The second-order valence-electron chi connectivity index (χ2n) is 4.31. The maximum absolute atomic E-state index is 11.9. The van der Waals surface area contributed by atoms with Gasteiger partial charge in [0, 0.05) is 11.6 Å². The van der Waals surface area contributed by atoms with Crippen molar-refractivity contribution >= 4 is 17.2 Å². The molecule has 2 rings (SSSR count). The van der Waals surface area contributed by atoms with E-state index in [9.17, 15) is 4.79 Å². The highest BCUT2D eigenvalue weighted by Gasteiger charge is 2.12. The van der Waals surface area contributed by atoms with Crippen LogP contribution in [-0.2, 0) is 6.54 Å². The molecule has 100 valence electrons. The van der Waals surface area contributed by atoms with Gasteiger partial charge in [-0.05, 0) is 25.5 Å². The van der Waals surface area contributed by atoms with Gasteiger partial charge in [0.1, 0.15) is 10.7 Å². The molecule has 0 spiro atoms. The Balaban J connectivity index is 1.99. The van der Waals surface area contributed by atoms with E-state index < -0.39 is 0 Å². The quantitative estimate of drug-likeness (QED) is 0.892. The first-order chi connectivity index (χ1) is 9.08. The average Bonchev–Trinajstić information content (AvgIpc) is 2.87. The third-order valence-electron chi connectivity index (χ3n) is 2.68. The minimum Gasteiger partial charge on any atom is -0.345 e. The number of amides is 1. The Morgan fingerprint density at radius 1 is 1.58 bits per heavy atom. The van der Waals surface area contributed by atoms with Crippen molar-refractivity contribution in [3.05, 3.63) is 45.7 Å². The van der Waals surface area contributed by atoms with Gasteiger partial charge in [0.05, 0.1) is 18.3 Å². The van der Waals surface area contributed by atoms with E-state index in [4.69, 9.17) is 5.73 Å². The zero-order valence-corrected chi connectivity index (χ0v) is 11.7. The molecule has 0 aliphatic carbocycles. The Bertz CT molecular complexity index is 580. The lowest BCUT2D eigenvalue weighted by molar-refractivity contribution is 0.0946. The third kappa shape index (κ3) is 3.36. The van der Waals surface area contributed by atoms with Crippen LogP contribution in [0.5, 0.6) is 0 Å². The summed E-state index contributed by atoms with van der Waals surface area (Å²) in [5.41, 5.74) is 8.04. The molecule has 0 saturated carbocycles. The normalized spacial score (nSPS) is 12.2. The van der Waals surface area contributed by atoms with Crippen LogP contribution in [0.3, 0.4) is 0 Å². The van der Waals surface area contributed by atoms with Gasteiger partial charge in [-0.25, -0.2) is 4.98 Å². The lowest BCUT2D eigenvalue weighted by Crippen LogP contribution is -2.24. The Morgan fingerprint density at radius 3 is 3.00 bits per heavy atom. The smallest absolute Gasteiger partial charge is 0.271 e. The van der Waals surface area contributed by atoms with Crippen molar-refractivity contribution in [2.75, 3.05) is 0 Å². The monoisotopic (exact) mass is 276 g/mol. The molecular weight excluding hydrogens is 260 g/mol. The molecule has 1 unspecified atom stereocenters. The highest BCUT2D eigenvalue weighted by Crippen LogP contribution is 2.15. The maximum Gasteiger partial charge on any atom is 0.271 e. The molecular formula is C13H16N4OS. The van der Waals surface area contributed by atoms with E-state index in [0.717, 1.165) is 16.3 Å². The molecule has 0 bridgehead atoms. The summed E-state index contributed by atoms with van der Waals surface area (Å²) in [5.74, 6) is -0.201. The Kier molecular flexibility index (Phi) is 4.24. The van der Waals surface area contributed by atoms with Crippen LogP contribution in [0.2, 0.25) is 0 Å². The van der Waals surface area contributed by atoms with Crippen molar-refractivity contribution in [2.45, 2.75) is 26.4 Å². The van der Waals surface area contributed by atoms with Crippen LogP contribution in [0.25, 0.3) is 0 Å². The van der Waals surface area contributed by atoms with Crippen LogP contribution in [0.15, 0.2) is 23.7 Å². The van der Waals surface area contributed by atoms with Crippen LogP contribution >= 0.6 is 11.3 Å². The van der Waals surface area contributed by atoms with Gasteiger partial charge < -0.3 is 11.1 Å². The number of nitrogens with zero attached hydrogens (tertiary/aromatic N) is 2. The van der Waals surface area contributed by atoms with Gasteiger partial charge in [0.2, 0.25) is 0 Å². The molecule has 6 heteroatoms. The molecule has 2 heterocycles. The number of hydrogen-bond acceptors (Lipinski definition) is 5. The van der Waals surface area contributed by atoms with Crippen molar-refractivity contribution < 1.29 is 4.79 Å². The molecule has 0 aliphatic rings. The van der Waals surface area contributed by atoms with Gasteiger partial charge in [-0.1, -0.05) is 6.07 Å². The third-order valence-corrected chi connectivity index (χ3v) is 3.72. The summed E-state index contributed by atoms with van der Waals surface area (Å²) in [6.45, 7) is 4.21. The predicted octanol–water partition coefficient (Wildman–Crippen LogP) is 1.80. The number of nitrogens with two attached hydrogens (primary N) is 1. The zero-order chi connectivity index (χ0) is 13.8. The van der Waals surface area contributed by atoms with Crippen LogP contribution in [-0.4, -0.2) is 15.9 Å². The van der Waals surface area contributed by atoms with Gasteiger partial charge >= 0.3 is 0 Å². The van der Waals surface area contributed by atoms with Gasteiger partial charge in [-0.3, -0.25) is 9.78 Å². The number of hydrogen-bond donors (Lipinski definition) is 2. The van der Waals surface area contributed by atoms with E-state index in [1.54, 1.807) is 11.6 Å². The fourth-order valence-corrected chi connectivity index (χ4v) is 2.32. The largest absolute Gasteiger partial charge is 0.345 e. The number of aromatic nitrogens is 2. The van der Waals surface area contributed by atoms with E-state index >= 15 is 0 Å². The van der Waals surface area contributed by atoms with E-state index in [1.165, 1.54) is 11.3 Å². The van der Waals surface area contributed by atoms with Crippen LogP contribution in [0, 0.1) is 6.92 Å². The maximum atomic E-state index is 11.9. The van der Waals surface area contributed by atoms with Crippen molar-refractivity contribution in [3.63, 3.8) is 0 Å². The summed E-state index contributed by atoms with van der Waals surface area (Å²) < 4.78 is 0. The lowest BCUT2D eigenvalue weighted by Gasteiger charge is -2.05. The molecule has 1 amide bonds. The molecule has 19 heavy (non-hydrogen) atoms. The van der Waals surface area contributed by atoms with E-state index in [0.29, 0.717) is 12.2 Å². The van der Waals surface area contributed by atoms with E-state index in [1.807, 2.05) is 26.0 Å². The lowest BCUT2D eigenvalue weighted by atomic mass is 10.2. The van der Waals surface area contributed by atoms with Crippen molar-refractivity contribution in [2.24, 2.45) is 5.73 Å². The molecule has 0 radical (unpaired) electrons. The highest BCUT2D eigenvalue weighted by atomic mass is 32.1. The number of pyridine rings is 1. The van der Waals surface area contributed by atoms with Crippen molar-refractivity contribution in [1.29, 1.82) is 0 Å². The van der Waals surface area contributed by atoms with Crippen molar-refractivity contribution in [3.8, 4) is 0 Å². The van der Waals surface area contributed by atoms with Crippen LogP contribution < -0.4 is 11.1 Å². The summed E-state index contributed by atoms with van der Waals surface area (Å²) in [6, 6.07) is 3.69. The zero-order valence-electron chi connectivity index (χ0n) is 10.9. The molecule has 2 aromatic rings. The number of rotatable bonds is 4. The van der Waals surface area contributed by atoms with E-state index in [-0.39, 0.29) is 11.9 Å². The fraction of sp³-hybridized carbons (Fsp3) is 0.308. The molecule has 1 atom stereocenters. The molecule has 0 fully saturated rings. The van der Waals surface area contributed by atoms with Crippen molar-refractivity contribution in [1.82, 2.24) is 15.3 Å². The summed E-state index contributed by atoms with van der Waals surface area (Å²) in [6.07, 6.45) is 1.71. The summed E-state index contributed by atoms with van der Waals surface area (Å²) in [7, 11) is 0. The second kappa shape index (κ2) is 5.90. The number of thiazole rings is 1. The molecule has 0 saturated heterocycles. The fourth-order valence-electron chi connectivity index (χ4n) is 1.56. The van der Waals surface area contributed by atoms with E-state index in [2.05, 4.69) is 15.3 Å². The van der Waals surface area contributed by atoms with Gasteiger partial charge in [-0.2, -0.15) is 0 Å². The molecule has 3 N–H and O–H groups in total. The number of aryl methyl sites for hydroxylation is 1. The minimum atomic E-state index is -0.201. The number of carbonyl (C=O) groups is 1. The van der Waals surface area contributed by atoms with Gasteiger partial charge in [0.15, 0.2) is 0 Å². The summed E-state index contributed by atoms with van der Waals surface area (Å²) in [4.78, 5) is 20.4. The first kappa shape index (κ1) is 13.6. The highest BCUT2D eigenvalue weighted by molar-refractivity contribution is 7.09. The average molecular weight is 276 g/mol. The SMILES string of the molecule is Cc1cccnc1CNC(=O)c1csc(C(C)N)n1. The summed E-state index contributed by atoms with van der Waals surface area (Å²) >= 11 is 1.40. The number of carbonyl (C=O) groups excluding carboxylic acids is 1. The Morgan fingerprint density at radius 2 is 2.37 bits per heavy atom. The molecule has 0 aliphatic heterocycles. The molecule has 0 aromatic carbocycles. The van der Waals surface area contributed by atoms with Crippen LogP contribution in [0.4, 0.5) is 0 Å². The van der Waals surface area contributed by atoms with Gasteiger partial charge in [0.25, 0.3) is 5.91 Å². The first-order valence-electron chi connectivity index (χ1n) is 5.97. The first-order valence-corrected chi connectivity index (χ1v) is 6.85. The minimum absolute atomic E-state index is 0.149. The molecule has 2 aromatic heterocycles. The molecule has 5 nitrogen and oxygen atoms in total. The second-order valence-corrected chi connectivity index (χ2v) is 5.20. The topological polar surface area (TPSA) is 80.9 Å². The van der Waals surface area contributed by atoms with Gasteiger partial charge in [-0.15, -0.1) is 11.3 Å². The Labute approximate surface area is 115 Å². The summed E-state index contributed by atoms with van der Waals surface area (Å²) in [5, 5.41) is 5.29. The van der Waals surface area contributed by atoms with Crippen LogP contribution in [0.1, 0.15) is 39.7 Å². The standard InChI is InChI=1S/C13H16N4OS/c1-8-4-3-5-15-10(8)6-16-12(18)11-7-19-13(17-11)9(2)14/h3-5,7,9H,6,14H2,1-2H3,(H,16,18). The Hall–Kier alpha value is -1.79. The predicted molar refractivity (Wildman–Crippen MR) is 74.9 cm³/mol.